The molecule has 0 bridgehead atoms. The zero-order valence-corrected chi connectivity index (χ0v) is 13.5. The Morgan fingerprint density at radius 3 is 2.58 bits per heavy atom. The zero-order valence-electron chi connectivity index (χ0n) is 13.5. The highest BCUT2D eigenvalue weighted by Gasteiger charge is 2.15. The monoisotopic (exact) mass is 331 g/mol. The summed E-state index contributed by atoms with van der Waals surface area (Å²) in [6.45, 7) is -0.316. The zero-order chi connectivity index (χ0) is 17.5. The fourth-order valence-corrected chi connectivity index (χ4v) is 2.04. The molecule has 0 aliphatic carbocycles. The van der Waals surface area contributed by atoms with Crippen LogP contribution in [-0.4, -0.2) is 37.5 Å². The Bertz CT molecular complexity index is 732. The number of hydrogen-bond donors (Lipinski definition) is 0. The fraction of sp³-hybridized carbons (Fsp3) is 0.222. The van der Waals surface area contributed by atoms with Gasteiger partial charge in [0.1, 0.15) is 11.6 Å². The van der Waals surface area contributed by atoms with Gasteiger partial charge in [-0.3, -0.25) is 4.79 Å². The number of carbonyl (C=O) groups excluding carboxylic acids is 2. The summed E-state index contributed by atoms with van der Waals surface area (Å²) in [6.07, 6.45) is 0. The van der Waals surface area contributed by atoms with Crippen molar-refractivity contribution in [1.82, 2.24) is 4.90 Å². The highest BCUT2D eigenvalue weighted by molar-refractivity contribution is 5.91. The second kappa shape index (κ2) is 8.10. The number of rotatable bonds is 6. The number of ether oxygens (including phenoxy) is 2. The first-order valence-electron chi connectivity index (χ1n) is 7.30. The average Bonchev–Trinajstić information content (AvgIpc) is 2.61. The van der Waals surface area contributed by atoms with Crippen LogP contribution in [0, 0.1) is 5.82 Å². The summed E-state index contributed by atoms with van der Waals surface area (Å²) < 4.78 is 23.6. The quantitative estimate of drug-likeness (QED) is 0.764. The van der Waals surface area contributed by atoms with E-state index in [1.54, 1.807) is 36.4 Å². The molecule has 0 aliphatic heterocycles. The lowest BCUT2D eigenvalue weighted by atomic mass is 10.2. The van der Waals surface area contributed by atoms with E-state index in [-0.39, 0.29) is 12.4 Å². The Kier molecular flexibility index (Phi) is 5.89. The van der Waals surface area contributed by atoms with Gasteiger partial charge in [0.15, 0.2) is 6.61 Å². The molecule has 0 fully saturated rings. The van der Waals surface area contributed by atoms with Crippen LogP contribution in [0.25, 0.3) is 0 Å². The van der Waals surface area contributed by atoms with Gasteiger partial charge in [-0.25, -0.2) is 9.18 Å². The molecule has 0 N–H and O–H groups in total. The molecule has 0 radical (unpaired) electrons. The van der Waals surface area contributed by atoms with Gasteiger partial charge >= 0.3 is 5.97 Å². The number of esters is 1. The van der Waals surface area contributed by atoms with Crippen LogP contribution >= 0.6 is 0 Å². The first-order valence-corrected chi connectivity index (χ1v) is 7.30. The van der Waals surface area contributed by atoms with Crippen LogP contribution in [0.4, 0.5) is 4.39 Å². The molecule has 24 heavy (non-hydrogen) atoms. The average molecular weight is 331 g/mol. The van der Waals surface area contributed by atoms with Crippen molar-refractivity contribution in [2.75, 3.05) is 20.8 Å². The van der Waals surface area contributed by atoms with E-state index in [4.69, 9.17) is 9.47 Å². The van der Waals surface area contributed by atoms with Crippen molar-refractivity contribution in [3.8, 4) is 5.75 Å². The summed E-state index contributed by atoms with van der Waals surface area (Å²) in [4.78, 5) is 25.3. The SMILES string of the molecule is COc1cccc(C(=O)OCC(=O)N(C)Cc2ccccc2F)c1. The highest BCUT2D eigenvalue weighted by atomic mass is 19.1. The predicted molar refractivity (Wildman–Crippen MR) is 86.2 cm³/mol. The topological polar surface area (TPSA) is 55.8 Å². The van der Waals surface area contributed by atoms with Crippen LogP contribution in [0.2, 0.25) is 0 Å². The normalized spacial score (nSPS) is 10.1. The summed E-state index contributed by atoms with van der Waals surface area (Å²) in [5.74, 6) is -0.908. The molecule has 2 aromatic rings. The minimum atomic E-state index is -0.624. The Labute approximate surface area is 139 Å². The predicted octanol–water partition coefficient (Wildman–Crippen LogP) is 2.65. The first-order chi connectivity index (χ1) is 11.5. The molecule has 0 heterocycles. The molecule has 0 spiro atoms. The van der Waals surface area contributed by atoms with E-state index in [1.165, 1.54) is 31.2 Å². The van der Waals surface area contributed by atoms with Gasteiger partial charge in [0.05, 0.1) is 12.7 Å². The molecule has 126 valence electrons. The van der Waals surface area contributed by atoms with Crippen molar-refractivity contribution in [1.29, 1.82) is 0 Å². The first kappa shape index (κ1) is 17.5. The van der Waals surface area contributed by atoms with Crippen molar-refractivity contribution in [2.45, 2.75) is 6.54 Å². The third-order valence-electron chi connectivity index (χ3n) is 3.42. The maximum atomic E-state index is 13.6. The lowest BCUT2D eigenvalue weighted by Crippen LogP contribution is -2.31. The molecule has 6 heteroatoms. The van der Waals surface area contributed by atoms with Crippen LogP contribution in [0.5, 0.6) is 5.75 Å². The number of benzene rings is 2. The lowest BCUT2D eigenvalue weighted by molar-refractivity contribution is -0.133. The molecule has 5 nitrogen and oxygen atoms in total. The van der Waals surface area contributed by atoms with Crippen molar-refractivity contribution in [3.05, 3.63) is 65.5 Å². The third kappa shape index (κ3) is 4.55. The smallest absolute Gasteiger partial charge is 0.338 e. The van der Waals surface area contributed by atoms with Crippen molar-refractivity contribution in [3.63, 3.8) is 0 Å². The summed E-state index contributed by atoms with van der Waals surface area (Å²) in [7, 11) is 3.01. The molecule has 2 rings (SSSR count). The second-order valence-electron chi connectivity index (χ2n) is 5.15. The van der Waals surface area contributed by atoms with E-state index >= 15 is 0 Å². The van der Waals surface area contributed by atoms with Crippen LogP contribution < -0.4 is 4.74 Å². The van der Waals surface area contributed by atoms with Gasteiger partial charge in [-0.15, -0.1) is 0 Å². The van der Waals surface area contributed by atoms with E-state index in [1.807, 2.05) is 0 Å². The Hall–Kier alpha value is -2.89. The molecule has 0 aromatic heterocycles. The number of carbonyl (C=O) groups is 2. The van der Waals surface area contributed by atoms with Crippen LogP contribution in [0.1, 0.15) is 15.9 Å². The Morgan fingerprint density at radius 2 is 1.88 bits per heavy atom. The largest absolute Gasteiger partial charge is 0.497 e. The van der Waals surface area contributed by atoms with Crippen LogP contribution in [0.3, 0.4) is 0 Å². The number of halogens is 1. The molecule has 0 saturated carbocycles. The highest BCUT2D eigenvalue weighted by Crippen LogP contribution is 2.13. The minimum Gasteiger partial charge on any atom is -0.497 e. The van der Waals surface area contributed by atoms with Gasteiger partial charge in [0.2, 0.25) is 0 Å². The molecule has 0 atom stereocenters. The van der Waals surface area contributed by atoms with E-state index in [9.17, 15) is 14.0 Å². The molecule has 0 unspecified atom stereocenters. The molecule has 0 saturated heterocycles. The maximum absolute atomic E-state index is 13.6. The molecule has 2 aromatic carbocycles. The van der Waals surface area contributed by atoms with Crippen LogP contribution in [0.15, 0.2) is 48.5 Å². The Balaban J connectivity index is 1.90. The fourth-order valence-electron chi connectivity index (χ4n) is 2.04. The number of hydrogen-bond acceptors (Lipinski definition) is 4. The summed E-state index contributed by atoms with van der Waals surface area (Å²) >= 11 is 0. The van der Waals surface area contributed by atoms with Gasteiger partial charge in [-0.1, -0.05) is 24.3 Å². The van der Waals surface area contributed by atoms with Gasteiger partial charge < -0.3 is 14.4 Å². The maximum Gasteiger partial charge on any atom is 0.338 e. The number of methoxy groups -OCH3 is 1. The second-order valence-corrected chi connectivity index (χ2v) is 5.15. The molecular weight excluding hydrogens is 313 g/mol. The third-order valence-corrected chi connectivity index (χ3v) is 3.42. The summed E-state index contributed by atoms with van der Waals surface area (Å²) in [5.41, 5.74) is 0.686. The molecular formula is C18H18FNO4. The lowest BCUT2D eigenvalue weighted by Gasteiger charge is -2.17. The van der Waals surface area contributed by atoms with Crippen molar-refractivity contribution >= 4 is 11.9 Å². The summed E-state index contributed by atoms with van der Waals surface area (Å²) in [5, 5.41) is 0. The van der Waals surface area contributed by atoms with E-state index in [2.05, 4.69) is 0 Å². The summed E-state index contributed by atoms with van der Waals surface area (Å²) in [6, 6.07) is 12.6. The number of amides is 1. The van der Waals surface area contributed by atoms with Gasteiger partial charge in [-0.2, -0.15) is 0 Å². The number of nitrogens with zero attached hydrogens (tertiary/aromatic N) is 1. The minimum absolute atomic E-state index is 0.0994. The number of likely N-dealkylation sites (N-methyl/N-ethyl adjacent to an activating group) is 1. The van der Waals surface area contributed by atoms with Crippen molar-refractivity contribution < 1.29 is 23.5 Å². The molecule has 0 aliphatic rings. The van der Waals surface area contributed by atoms with E-state index < -0.39 is 18.5 Å². The molecule has 1 amide bonds. The standard InChI is InChI=1S/C18H18FNO4/c1-20(11-14-6-3-4-9-16(14)19)17(21)12-24-18(22)13-7-5-8-15(10-13)23-2/h3-10H,11-12H2,1-2H3. The van der Waals surface area contributed by atoms with E-state index in [0.29, 0.717) is 16.9 Å². The van der Waals surface area contributed by atoms with E-state index in [0.717, 1.165) is 0 Å². The van der Waals surface area contributed by atoms with Gasteiger partial charge in [-0.05, 0) is 24.3 Å². The van der Waals surface area contributed by atoms with Crippen LogP contribution in [-0.2, 0) is 16.1 Å². The Morgan fingerprint density at radius 1 is 1.12 bits per heavy atom. The van der Waals surface area contributed by atoms with Gasteiger partial charge in [0, 0.05) is 19.2 Å². The van der Waals surface area contributed by atoms with Crippen molar-refractivity contribution in [2.24, 2.45) is 0 Å². The van der Waals surface area contributed by atoms with Gasteiger partial charge in [0.25, 0.3) is 5.91 Å².